The molecule has 2 aromatic carbocycles. The molecule has 0 spiro atoms. The van der Waals surface area contributed by atoms with Gasteiger partial charge in [0.05, 0.1) is 11.2 Å². The van der Waals surface area contributed by atoms with Crippen molar-refractivity contribution in [2.45, 2.75) is 38.1 Å². The summed E-state index contributed by atoms with van der Waals surface area (Å²) < 4.78 is 0. The highest BCUT2D eigenvalue weighted by Crippen LogP contribution is 2.48. The molecule has 2 N–H and O–H groups in total. The van der Waals surface area contributed by atoms with Crippen LogP contribution in [0.2, 0.25) is 0 Å². The molecule has 2 aromatic rings. The maximum absolute atomic E-state index is 6.36. The summed E-state index contributed by atoms with van der Waals surface area (Å²) in [6.07, 6.45) is 0.998. The molecule has 1 unspecified atom stereocenters. The Morgan fingerprint density at radius 2 is 1.50 bits per heavy atom. The van der Waals surface area contributed by atoms with E-state index >= 15 is 0 Å². The van der Waals surface area contributed by atoms with E-state index in [9.17, 15) is 0 Å². The molecule has 20 heavy (non-hydrogen) atoms. The van der Waals surface area contributed by atoms with Gasteiger partial charge in [0.2, 0.25) is 0 Å². The zero-order valence-electron chi connectivity index (χ0n) is 12.4. The molecule has 2 nitrogen and oxygen atoms in total. The average Bonchev–Trinajstić information content (AvgIpc) is 2.46. The van der Waals surface area contributed by atoms with Gasteiger partial charge < -0.3 is 5.01 Å². The zero-order chi connectivity index (χ0) is 14.4. The number of nitrogens with zero attached hydrogens (tertiary/aromatic N) is 1. The zero-order valence-corrected chi connectivity index (χ0v) is 12.4. The van der Waals surface area contributed by atoms with E-state index < -0.39 is 0 Å². The predicted octanol–water partition coefficient (Wildman–Crippen LogP) is 3.86. The van der Waals surface area contributed by atoms with Crippen molar-refractivity contribution in [3.63, 3.8) is 0 Å². The van der Waals surface area contributed by atoms with Gasteiger partial charge in [-0.3, -0.25) is 0 Å². The van der Waals surface area contributed by atoms with E-state index in [1.54, 1.807) is 0 Å². The van der Waals surface area contributed by atoms with E-state index in [1.165, 1.54) is 11.1 Å². The van der Waals surface area contributed by atoms with Gasteiger partial charge in [-0.2, -0.15) is 0 Å². The number of nitrogens with two attached hydrogens (primary N) is 1. The third kappa shape index (κ3) is 1.83. The largest absolute Gasteiger partial charge is 0.305 e. The summed E-state index contributed by atoms with van der Waals surface area (Å²) in [4.78, 5) is 0. The van der Waals surface area contributed by atoms with Crippen molar-refractivity contribution >= 4 is 5.69 Å². The summed E-state index contributed by atoms with van der Waals surface area (Å²) >= 11 is 0. The van der Waals surface area contributed by atoms with Crippen LogP contribution in [0.1, 0.15) is 38.3 Å². The Hall–Kier alpha value is -1.80. The normalized spacial score (nSPS) is 24.3. The molecule has 1 aliphatic rings. The van der Waals surface area contributed by atoms with Crippen molar-refractivity contribution in [1.29, 1.82) is 0 Å². The molecule has 1 atom stereocenters. The maximum atomic E-state index is 6.36. The Bertz CT molecular complexity index is 618. The molecule has 0 bridgehead atoms. The average molecular weight is 266 g/mol. The number of fused-ring (bicyclic) bond motifs is 1. The molecule has 2 heteroatoms. The fourth-order valence-electron chi connectivity index (χ4n) is 3.59. The summed E-state index contributed by atoms with van der Waals surface area (Å²) in [5.74, 6) is 6.36. The Labute approximate surface area is 121 Å². The van der Waals surface area contributed by atoms with Crippen LogP contribution >= 0.6 is 0 Å². The molecule has 0 amide bonds. The summed E-state index contributed by atoms with van der Waals surface area (Å²) in [6, 6.07) is 19.2. The Morgan fingerprint density at radius 3 is 2.20 bits per heavy atom. The molecule has 1 heterocycles. The van der Waals surface area contributed by atoms with E-state index in [2.05, 4.69) is 75.4 Å². The number of benzene rings is 2. The Kier molecular flexibility index (Phi) is 2.87. The minimum Gasteiger partial charge on any atom is -0.305 e. The second kappa shape index (κ2) is 4.35. The monoisotopic (exact) mass is 266 g/mol. The smallest absolute Gasteiger partial charge is 0.0564 e. The third-order valence-corrected chi connectivity index (χ3v) is 4.61. The van der Waals surface area contributed by atoms with Crippen molar-refractivity contribution < 1.29 is 0 Å². The predicted molar refractivity (Wildman–Crippen MR) is 84.7 cm³/mol. The lowest BCUT2D eigenvalue weighted by Gasteiger charge is -2.50. The van der Waals surface area contributed by atoms with Crippen molar-refractivity contribution in [1.82, 2.24) is 0 Å². The van der Waals surface area contributed by atoms with Crippen molar-refractivity contribution in [3.8, 4) is 0 Å². The molecule has 0 saturated heterocycles. The van der Waals surface area contributed by atoms with Gasteiger partial charge in [-0.25, -0.2) is 5.84 Å². The minimum absolute atomic E-state index is 0.00275. The van der Waals surface area contributed by atoms with Gasteiger partial charge in [-0.15, -0.1) is 0 Å². The number of rotatable bonds is 1. The number of anilines is 1. The van der Waals surface area contributed by atoms with Gasteiger partial charge in [-0.05, 0) is 37.5 Å². The van der Waals surface area contributed by atoms with E-state index in [0.717, 1.165) is 12.1 Å². The fraction of sp³-hybridized carbons (Fsp3) is 0.333. The first-order valence-corrected chi connectivity index (χ1v) is 7.15. The van der Waals surface area contributed by atoms with Crippen molar-refractivity contribution in [2.24, 2.45) is 5.84 Å². The maximum Gasteiger partial charge on any atom is 0.0564 e. The van der Waals surface area contributed by atoms with Crippen LogP contribution in [-0.4, -0.2) is 5.54 Å². The highest BCUT2D eigenvalue weighted by atomic mass is 15.4. The number of hydrogen-bond donors (Lipinski definition) is 1. The molecule has 0 aromatic heterocycles. The van der Waals surface area contributed by atoms with Crippen LogP contribution in [-0.2, 0) is 5.41 Å². The SMILES string of the molecule is CC1(c2ccccc2)CC(C)(C)N(N)c2ccccc21. The van der Waals surface area contributed by atoms with Crippen LogP contribution in [0.15, 0.2) is 54.6 Å². The topological polar surface area (TPSA) is 29.3 Å². The molecule has 0 fully saturated rings. The van der Waals surface area contributed by atoms with Crippen LogP contribution < -0.4 is 10.9 Å². The van der Waals surface area contributed by atoms with Crippen LogP contribution in [0, 0.1) is 0 Å². The second-order valence-electron chi connectivity index (χ2n) is 6.57. The number of hydrogen-bond acceptors (Lipinski definition) is 2. The first-order valence-electron chi connectivity index (χ1n) is 7.15. The minimum atomic E-state index is -0.0705. The lowest BCUT2D eigenvalue weighted by molar-refractivity contribution is 0.325. The van der Waals surface area contributed by atoms with Gasteiger partial charge in [0.25, 0.3) is 0 Å². The lowest BCUT2D eigenvalue weighted by Crippen LogP contribution is -2.56. The lowest BCUT2D eigenvalue weighted by atomic mass is 9.66. The third-order valence-electron chi connectivity index (χ3n) is 4.61. The molecule has 3 rings (SSSR count). The summed E-state index contributed by atoms with van der Waals surface area (Å²) in [7, 11) is 0. The highest BCUT2D eigenvalue weighted by molar-refractivity contribution is 5.63. The quantitative estimate of drug-likeness (QED) is 0.794. The second-order valence-corrected chi connectivity index (χ2v) is 6.57. The van der Waals surface area contributed by atoms with Crippen LogP contribution in [0.4, 0.5) is 5.69 Å². The van der Waals surface area contributed by atoms with E-state index in [-0.39, 0.29) is 11.0 Å². The number of hydrazine groups is 1. The summed E-state index contributed by atoms with van der Waals surface area (Å²) in [5, 5.41) is 1.92. The first-order chi connectivity index (χ1) is 9.45. The van der Waals surface area contributed by atoms with Gasteiger partial charge in [0, 0.05) is 5.41 Å². The first kappa shape index (κ1) is 13.2. The van der Waals surface area contributed by atoms with Crippen LogP contribution in [0.3, 0.4) is 0 Å². The molecule has 0 radical (unpaired) electrons. The summed E-state index contributed by atoms with van der Waals surface area (Å²) in [5.41, 5.74) is 3.73. The fourth-order valence-corrected chi connectivity index (χ4v) is 3.59. The molecular formula is C18H22N2. The van der Waals surface area contributed by atoms with Crippen molar-refractivity contribution in [3.05, 3.63) is 65.7 Å². The van der Waals surface area contributed by atoms with Crippen LogP contribution in [0.25, 0.3) is 0 Å². The van der Waals surface area contributed by atoms with Gasteiger partial charge in [0.1, 0.15) is 0 Å². The Balaban J connectivity index is 2.24. The van der Waals surface area contributed by atoms with Gasteiger partial charge in [-0.1, -0.05) is 55.5 Å². The van der Waals surface area contributed by atoms with Crippen LogP contribution in [0.5, 0.6) is 0 Å². The molecule has 0 saturated carbocycles. The Morgan fingerprint density at radius 1 is 0.900 bits per heavy atom. The van der Waals surface area contributed by atoms with E-state index in [1.807, 2.05) is 5.01 Å². The standard InChI is InChI=1S/C18H22N2/c1-17(2)13-18(3,14-9-5-4-6-10-14)15-11-7-8-12-16(15)20(17)19/h4-12H,13,19H2,1-3H3. The molecule has 1 aliphatic heterocycles. The van der Waals surface area contributed by atoms with E-state index in [4.69, 9.17) is 5.84 Å². The van der Waals surface area contributed by atoms with Crippen molar-refractivity contribution in [2.75, 3.05) is 5.01 Å². The van der Waals surface area contributed by atoms with Gasteiger partial charge >= 0.3 is 0 Å². The molecular weight excluding hydrogens is 244 g/mol. The molecule has 0 aliphatic carbocycles. The van der Waals surface area contributed by atoms with E-state index in [0.29, 0.717) is 0 Å². The summed E-state index contributed by atoms with van der Waals surface area (Å²) in [6.45, 7) is 6.75. The molecule has 104 valence electrons. The number of para-hydroxylation sites is 1. The van der Waals surface area contributed by atoms with Gasteiger partial charge in [0.15, 0.2) is 0 Å². The highest BCUT2D eigenvalue weighted by Gasteiger charge is 2.44.